The molecule has 2 N–H and O–H groups in total. The molecule has 18 heavy (non-hydrogen) atoms. The van der Waals surface area contributed by atoms with Gasteiger partial charge >= 0.3 is 5.97 Å². The highest BCUT2D eigenvalue weighted by atomic mass is 16.5. The van der Waals surface area contributed by atoms with Crippen molar-refractivity contribution in [3.05, 3.63) is 35.0 Å². The number of nitrogen functional groups attached to an aromatic ring is 1. The average molecular weight is 246 g/mol. The zero-order chi connectivity index (χ0) is 13.3. The molecule has 0 aliphatic rings. The number of carbonyl (C=O) groups is 1. The molecular formula is C13H14N2O3. The number of nitrogens with zero attached hydrogens (tertiary/aromatic N) is 1. The van der Waals surface area contributed by atoms with Crippen LogP contribution in [0, 0.1) is 13.8 Å². The summed E-state index contributed by atoms with van der Waals surface area (Å²) in [5, 5.41) is 3.66. The highest BCUT2D eigenvalue weighted by molar-refractivity contribution is 5.98. The number of anilines is 1. The molecule has 0 aliphatic carbocycles. The number of hydrogen-bond donors (Lipinski definition) is 1. The van der Waals surface area contributed by atoms with E-state index in [0.29, 0.717) is 5.56 Å². The molecule has 0 fully saturated rings. The summed E-state index contributed by atoms with van der Waals surface area (Å²) in [5.74, 6) is -0.449. The zero-order valence-corrected chi connectivity index (χ0v) is 10.5. The molecule has 0 spiro atoms. The van der Waals surface area contributed by atoms with Gasteiger partial charge < -0.3 is 15.0 Å². The molecule has 0 aliphatic heterocycles. The maximum Gasteiger partial charge on any atom is 0.361 e. The number of ether oxygens (including phenoxy) is 1. The van der Waals surface area contributed by atoms with Gasteiger partial charge in [0.15, 0.2) is 0 Å². The van der Waals surface area contributed by atoms with Crippen molar-refractivity contribution in [2.45, 2.75) is 13.8 Å². The van der Waals surface area contributed by atoms with Crippen LogP contribution in [0.2, 0.25) is 0 Å². The van der Waals surface area contributed by atoms with Gasteiger partial charge in [-0.25, -0.2) is 4.79 Å². The van der Waals surface area contributed by atoms with Crippen LogP contribution in [0.3, 0.4) is 0 Å². The van der Waals surface area contributed by atoms with E-state index < -0.39 is 5.97 Å². The molecule has 0 atom stereocenters. The highest BCUT2D eigenvalue weighted by Gasteiger charge is 2.23. The topological polar surface area (TPSA) is 78.3 Å². The first kappa shape index (κ1) is 12.2. The van der Waals surface area contributed by atoms with Crippen LogP contribution in [0.5, 0.6) is 0 Å². The minimum Gasteiger partial charge on any atom is -0.464 e. The van der Waals surface area contributed by atoms with Crippen molar-refractivity contribution in [3.8, 4) is 11.1 Å². The normalized spacial score (nSPS) is 10.4. The molecule has 0 unspecified atom stereocenters. The molecule has 0 saturated heterocycles. The lowest BCUT2D eigenvalue weighted by Crippen LogP contribution is -2.04. The minimum absolute atomic E-state index is 0.101. The summed E-state index contributed by atoms with van der Waals surface area (Å²) >= 11 is 0. The van der Waals surface area contributed by atoms with E-state index in [2.05, 4.69) is 9.89 Å². The first-order valence-electron chi connectivity index (χ1n) is 5.45. The number of carbonyl (C=O) groups excluding carboxylic acids is 1. The van der Waals surface area contributed by atoms with Crippen LogP contribution in [0.1, 0.15) is 21.6 Å². The highest BCUT2D eigenvalue weighted by Crippen LogP contribution is 2.33. The van der Waals surface area contributed by atoms with Gasteiger partial charge in [0, 0.05) is 0 Å². The fourth-order valence-electron chi connectivity index (χ4n) is 1.80. The fourth-order valence-corrected chi connectivity index (χ4v) is 1.80. The number of aryl methyl sites for hydroxylation is 2. The lowest BCUT2D eigenvalue weighted by Gasteiger charge is -2.06. The SMILES string of the molecule is COC(=O)c1noc(N)c1-c1cc(C)ccc1C. The molecule has 0 bridgehead atoms. The molecule has 0 saturated carbocycles. The maximum atomic E-state index is 11.6. The largest absolute Gasteiger partial charge is 0.464 e. The lowest BCUT2D eigenvalue weighted by atomic mass is 9.98. The summed E-state index contributed by atoms with van der Waals surface area (Å²) in [6.07, 6.45) is 0. The Hall–Kier alpha value is -2.30. The van der Waals surface area contributed by atoms with Crippen LogP contribution in [0.15, 0.2) is 22.7 Å². The van der Waals surface area contributed by atoms with Crippen LogP contribution >= 0.6 is 0 Å². The fraction of sp³-hybridized carbons (Fsp3) is 0.231. The molecule has 0 amide bonds. The van der Waals surface area contributed by atoms with Gasteiger partial charge in [0.2, 0.25) is 11.6 Å². The molecule has 5 nitrogen and oxygen atoms in total. The van der Waals surface area contributed by atoms with Crippen molar-refractivity contribution < 1.29 is 14.1 Å². The number of aromatic nitrogens is 1. The quantitative estimate of drug-likeness (QED) is 0.823. The number of nitrogens with two attached hydrogens (primary N) is 1. The summed E-state index contributed by atoms with van der Waals surface area (Å²) in [7, 11) is 1.29. The van der Waals surface area contributed by atoms with Gasteiger partial charge in [-0.1, -0.05) is 28.9 Å². The van der Waals surface area contributed by atoms with Crippen molar-refractivity contribution in [1.82, 2.24) is 5.16 Å². The predicted octanol–water partition coefficient (Wildman–Crippen LogP) is 2.33. The van der Waals surface area contributed by atoms with Gasteiger partial charge in [0.1, 0.15) is 0 Å². The van der Waals surface area contributed by atoms with E-state index in [1.165, 1.54) is 7.11 Å². The Balaban J connectivity index is 2.66. The van der Waals surface area contributed by atoms with E-state index in [1.54, 1.807) is 0 Å². The van der Waals surface area contributed by atoms with Crippen molar-refractivity contribution in [3.63, 3.8) is 0 Å². The van der Waals surface area contributed by atoms with Crippen molar-refractivity contribution in [2.24, 2.45) is 0 Å². The van der Waals surface area contributed by atoms with Crippen LogP contribution in [0.4, 0.5) is 5.88 Å². The third kappa shape index (κ3) is 1.95. The first-order chi connectivity index (χ1) is 8.54. The Bertz CT molecular complexity index is 602. The Kier molecular flexibility index (Phi) is 3.06. The molecule has 2 rings (SSSR count). The molecule has 1 heterocycles. The average Bonchev–Trinajstić information content (AvgIpc) is 2.73. The standard InChI is InChI=1S/C13H14N2O3/c1-7-4-5-8(2)9(6-7)10-11(13(16)17-3)15-18-12(10)14/h4-6H,14H2,1-3H3. The van der Waals surface area contributed by atoms with E-state index in [0.717, 1.165) is 16.7 Å². The number of methoxy groups -OCH3 is 1. The lowest BCUT2D eigenvalue weighted by molar-refractivity contribution is 0.0590. The van der Waals surface area contributed by atoms with Gasteiger partial charge in [0.25, 0.3) is 0 Å². The second kappa shape index (κ2) is 4.52. The van der Waals surface area contributed by atoms with Crippen molar-refractivity contribution in [2.75, 3.05) is 12.8 Å². The molecule has 2 aromatic rings. The van der Waals surface area contributed by atoms with E-state index in [-0.39, 0.29) is 11.6 Å². The predicted molar refractivity (Wildman–Crippen MR) is 67.2 cm³/mol. The second-order valence-corrected chi connectivity index (χ2v) is 4.08. The minimum atomic E-state index is -0.564. The number of rotatable bonds is 2. The summed E-state index contributed by atoms with van der Waals surface area (Å²) in [6, 6.07) is 5.88. The van der Waals surface area contributed by atoms with Gasteiger partial charge in [-0.2, -0.15) is 0 Å². The third-order valence-electron chi connectivity index (χ3n) is 2.76. The summed E-state index contributed by atoms with van der Waals surface area (Å²) in [5.41, 5.74) is 9.21. The number of esters is 1. The van der Waals surface area contributed by atoms with Crippen molar-refractivity contribution in [1.29, 1.82) is 0 Å². The van der Waals surface area contributed by atoms with Crippen LogP contribution in [-0.2, 0) is 4.74 Å². The monoisotopic (exact) mass is 246 g/mol. The zero-order valence-electron chi connectivity index (χ0n) is 10.5. The molecule has 5 heteroatoms. The Morgan fingerprint density at radius 2 is 2.11 bits per heavy atom. The Morgan fingerprint density at radius 1 is 1.39 bits per heavy atom. The maximum absolute atomic E-state index is 11.6. The molecule has 94 valence electrons. The van der Waals surface area contributed by atoms with Gasteiger partial charge in [-0.15, -0.1) is 0 Å². The van der Waals surface area contributed by atoms with E-state index in [9.17, 15) is 4.79 Å². The second-order valence-electron chi connectivity index (χ2n) is 4.08. The smallest absolute Gasteiger partial charge is 0.361 e. The van der Waals surface area contributed by atoms with E-state index in [1.807, 2.05) is 32.0 Å². The van der Waals surface area contributed by atoms with Gasteiger partial charge in [-0.3, -0.25) is 0 Å². The summed E-state index contributed by atoms with van der Waals surface area (Å²) in [6.45, 7) is 3.90. The van der Waals surface area contributed by atoms with Gasteiger partial charge in [-0.05, 0) is 25.0 Å². The van der Waals surface area contributed by atoms with Crippen LogP contribution in [-0.4, -0.2) is 18.2 Å². The van der Waals surface area contributed by atoms with Crippen LogP contribution in [0.25, 0.3) is 11.1 Å². The first-order valence-corrected chi connectivity index (χ1v) is 5.45. The summed E-state index contributed by atoms with van der Waals surface area (Å²) in [4.78, 5) is 11.6. The molecule has 1 aromatic heterocycles. The van der Waals surface area contributed by atoms with E-state index in [4.69, 9.17) is 10.3 Å². The van der Waals surface area contributed by atoms with E-state index >= 15 is 0 Å². The third-order valence-corrected chi connectivity index (χ3v) is 2.76. The molecule has 1 aromatic carbocycles. The van der Waals surface area contributed by atoms with Gasteiger partial charge in [0.05, 0.1) is 12.7 Å². The number of benzene rings is 1. The Morgan fingerprint density at radius 3 is 2.78 bits per heavy atom. The van der Waals surface area contributed by atoms with Crippen molar-refractivity contribution >= 4 is 11.9 Å². The number of hydrogen-bond acceptors (Lipinski definition) is 5. The van der Waals surface area contributed by atoms with Crippen LogP contribution < -0.4 is 5.73 Å². The molecule has 0 radical (unpaired) electrons. The molecular weight excluding hydrogens is 232 g/mol. The summed E-state index contributed by atoms with van der Waals surface area (Å²) < 4.78 is 9.56. The Labute approximate surface area is 105 Å².